The molecule has 0 saturated carbocycles. The lowest BCUT2D eigenvalue weighted by molar-refractivity contribution is -0.384. The summed E-state index contributed by atoms with van der Waals surface area (Å²) in [5, 5.41) is 13.7. The molecule has 0 atom stereocenters. The van der Waals surface area contributed by atoms with Crippen LogP contribution in [0.4, 0.5) is 17.1 Å². The van der Waals surface area contributed by atoms with Crippen LogP contribution in [-0.2, 0) is 0 Å². The number of nitro benzene ring substituents is 1. The van der Waals surface area contributed by atoms with Crippen LogP contribution >= 0.6 is 11.8 Å². The number of nitrogens with zero attached hydrogens (tertiary/aromatic N) is 1. The van der Waals surface area contributed by atoms with E-state index in [0.717, 1.165) is 18.7 Å². The number of hydrogen-bond donors (Lipinski definition) is 2. The van der Waals surface area contributed by atoms with Crippen molar-refractivity contribution in [3.8, 4) is 0 Å². The van der Waals surface area contributed by atoms with E-state index in [2.05, 4.69) is 5.32 Å². The maximum atomic E-state index is 10.6. The summed E-state index contributed by atoms with van der Waals surface area (Å²) in [5.41, 5.74) is 6.71. The van der Waals surface area contributed by atoms with Crippen LogP contribution in [0.3, 0.4) is 0 Å². The van der Waals surface area contributed by atoms with Crippen LogP contribution < -0.4 is 11.1 Å². The van der Waals surface area contributed by atoms with Gasteiger partial charge in [0.1, 0.15) is 0 Å². The standard InChI is InChI=1S/C10H15N3O2S/c1-16-4-2-3-12-9-5-8(11)6-10(7-9)13(14)15/h5-7,12H,2-4,11H2,1H3. The van der Waals surface area contributed by atoms with Crippen molar-refractivity contribution >= 4 is 28.8 Å². The Morgan fingerprint density at radius 3 is 2.88 bits per heavy atom. The molecule has 88 valence electrons. The minimum absolute atomic E-state index is 0.0207. The first kappa shape index (κ1) is 12.6. The number of nitrogens with one attached hydrogen (secondary N) is 1. The zero-order valence-electron chi connectivity index (χ0n) is 9.10. The van der Waals surface area contributed by atoms with Gasteiger partial charge in [0.25, 0.3) is 5.69 Å². The van der Waals surface area contributed by atoms with Gasteiger partial charge in [0.2, 0.25) is 0 Å². The van der Waals surface area contributed by atoms with E-state index >= 15 is 0 Å². The molecule has 6 heteroatoms. The summed E-state index contributed by atoms with van der Waals surface area (Å²) >= 11 is 1.78. The summed E-state index contributed by atoms with van der Waals surface area (Å²) in [5.74, 6) is 1.07. The van der Waals surface area contributed by atoms with Crippen LogP contribution in [0, 0.1) is 10.1 Å². The summed E-state index contributed by atoms with van der Waals surface area (Å²) in [7, 11) is 0. The number of nitro groups is 1. The van der Waals surface area contributed by atoms with Crippen molar-refractivity contribution in [2.45, 2.75) is 6.42 Å². The molecule has 16 heavy (non-hydrogen) atoms. The lowest BCUT2D eigenvalue weighted by Gasteiger charge is -2.06. The second kappa shape index (κ2) is 6.22. The minimum Gasteiger partial charge on any atom is -0.398 e. The lowest BCUT2D eigenvalue weighted by atomic mass is 10.2. The van der Waals surface area contributed by atoms with Gasteiger partial charge in [0.15, 0.2) is 0 Å². The molecule has 0 radical (unpaired) electrons. The molecule has 3 N–H and O–H groups in total. The molecule has 0 aromatic heterocycles. The van der Waals surface area contributed by atoms with Crippen LogP contribution in [0.25, 0.3) is 0 Å². The predicted molar refractivity (Wildman–Crippen MR) is 69.0 cm³/mol. The maximum absolute atomic E-state index is 10.6. The van der Waals surface area contributed by atoms with Gasteiger partial charge in [-0.25, -0.2) is 0 Å². The first-order valence-electron chi connectivity index (χ1n) is 4.91. The fourth-order valence-corrected chi connectivity index (χ4v) is 1.72. The minimum atomic E-state index is -0.441. The molecule has 0 aliphatic rings. The monoisotopic (exact) mass is 241 g/mol. The van der Waals surface area contributed by atoms with Gasteiger partial charge in [-0.1, -0.05) is 0 Å². The predicted octanol–water partition coefficient (Wildman–Crippen LogP) is 2.34. The summed E-state index contributed by atoms with van der Waals surface area (Å²) in [4.78, 5) is 10.2. The molecular formula is C10H15N3O2S. The van der Waals surface area contributed by atoms with Crippen molar-refractivity contribution in [1.29, 1.82) is 0 Å². The maximum Gasteiger partial charge on any atom is 0.273 e. The molecule has 1 aromatic rings. The molecule has 0 bridgehead atoms. The Bertz CT molecular complexity index is 371. The number of thioether (sulfide) groups is 1. The van der Waals surface area contributed by atoms with Gasteiger partial charge in [-0.3, -0.25) is 10.1 Å². The highest BCUT2D eigenvalue weighted by atomic mass is 32.2. The van der Waals surface area contributed by atoms with Crippen molar-refractivity contribution < 1.29 is 4.92 Å². The third kappa shape index (κ3) is 3.98. The number of non-ortho nitro benzene ring substituents is 1. The van der Waals surface area contributed by atoms with Crippen LogP contribution in [0.5, 0.6) is 0 Å². The third-order valence-corrected chi connectivity index (χ3v) is 2.70. The van der Waals surface area contributed by atoms with Crippen molar-refractivity contribution in [2.24, 2.45) is 0 Å². The molecular weight excluding hydrogens is 226 g/mol. The molecule has 0 unspecified atom stereocenters. The van der Waals surface area contributed by atoms with Crippen LogP contribution in [0.1, 0.15) is 6.42 Å². The van der Waals surface area contributed by atoms with Crippen LogP contribution in [0.15, 0.2) is 18.2 Å². The number of nitrogens with two attached hydrogens (primary N) is 1. The van der Waals surface area contributed by atoms with Crippen molar-refractivity contribution in [3.05, 3.63) is 28.3 Å². The number of rotatable bonds is 6. The highest BCUT2D eigenvalue weighted by molar-refractivity contribution is 7.98. The molecule has 5 nitrogen and oxygen atoms in total. The first-order chi connectivity index (χ1) is 7.63. The van der Waals surface area contributed by atoms with Crippen molar-refractivity contribution in [2.75, 3.05) is 29.6 Å². The summed E-state index contributed by atoms with van der Waals surface area (Å²) < 4.78 is 0. The fourth-order valence-electron chi connectivity index (χ4n) is 1.29. The first-order valence-corrected chi connectivity index (χ1v) is 6.30. The molecule has 1 rings (SSSR count). The third-order valence-electron chi connectivity index (χ3n) is 2.01. The SMILES string of the molecule is CSCCCNc1cc(N)cc([N+](=O)[O-])c1. The Hall–Kier alpha value is -1.43. The topological polar surface area (TPSA) is 81.2 Å². The van der Waals surface area contributed by atoms with Crippen molar-refractivity contribution in [3.63, 3.8) is 0 Å². The Balaban J connectivity index is 2.62. The van der Waals surface area contributed by atoms with E-state index in [1.165, 1.54) is 12.1 Å². The van der Waals surface area contributed by atoms with Crippen LogP contribution in [-0.4, -0.2) is 23.5 Å². The summed E-state index contributed by atoms with van der Waals surface area (Å²) in [6.45, 7) is 0.793. The Kier molecular flexibility index (Phi) is 4.91. The van der Waals surface area contributed by atoms with E-state index in [0.29, 0.717) is 11.4 Å². The molecule has 0 amide bonds. The normalized spacial score (nSPS) is 10.1. The van der Waals surface area contributed by atoms with Gasteiger partial charge >= 0.3 is 0 Å². The largest absolute Gasteiger partial charge is 0.398 e. The highest BCUT2D eigenvalue weighted by Gasteiger charge is 2.07. The molecule has 0 saturated heterocycles. The van der Waals surface area contributed by atoms with Gasteiger partial charge in [0.05, 0.1) is 4.92 Å². The highest BCUT2D eigenvalue weighted by Crippen LogP contribution is 2.22. The van der Waals surface area contributed by atoms with Gasteiger partial charge in [0, 0.05) is 30.1 Å². The van der Waals surface area contributed by atoms with E-state index in [-0.39, 0.29) is 5.69 Å². The Labute approximate surface area is 98.6 Å². The van der Waals surface area contributed by atoms with E-state index in [4.69, 9.17) is 5.73 Å². The quantitative estimate of drug-likeness (QED) is 0.346. The second-order valence-electron chi connectivity index (χ2n) is 3.34. The van der Waals surface area contributed by atoms with Gasteiger partial charge < -0.3 is 11.1 Å². The number of nitrogen functional groups attached to an aromatic ring is 1. The molecule has 0 heterocycles. The van der Waals surface area contributed by atoms with Crippen molar-refractivity contribution in [1.82, 2.24) is 0 Å². The van der Waals surface area contributed by atoms with Gasteiger partial charge in [-0.15, -0.1) is 0 Å². The molecule has 0 spiro atoms. The Morgan fingerprint density at radius 2 is 2.25 bits per heavy atom. The second-order valence-corrected chi connectivity index (χ2v) is 4.33. The van der Waals surface area contributed by atoms with E-state index in [1.54, 1.807) is 17.8 Å². The average Bonchev–Trinajstić information content (AvgIpc) is 2.23. The number of anilines is 2. The average molecular weight is 241 g/mol. The van der Waals surface area contributed by atoms with Crippen LogP contribution in [0.2, 0.25) is 0 Å². The zero-order valence-corrected chi connectivity index (χ0v) is 9.92. The number of hydrogen-bond acceptors (Lipinski definition) is 5. The summed E-state index contributed by atoms with van der Waals surface area (Å²) in [6, 6.07) is 4.55. The lowest BCUT2D eigenvalue weighted by Crippen LogP contribution is -2.03. The Morgan fingerprint density at radius 1 is 1.50 bits per heavy atom. The van der Waals surface area contributed by atoms with E-state index < -0.39 is 4.92 Å². The molecule has 0 aliphatic carbocycles. The summed E-state index contributed by atoms with van der Waals surface area (Å²) in [6.07, 6.45) is 3.06. The molecule has 0 fully saturated rings. The van der Waals surface area contributed by atoms with Gasteiger partial charge in [-0.2, -0.15) is 11.8 Å². The zero-order chi connectivity index (χ0) is 12.0. The van der Waals surface area contributed by atoms with E-state index in [1.807, 2.05) is 6.26 Å². The smallest absolute Gasteiger partial charge is 0.273 e. The molecule has 0 aliphatic heterocycles. The number of benzene rings is 1. The molecule has 1 aromatic carbocycles. The fraction of sp³-hybridized carbons (Fsp3) is 0.400. The van der Waals surface area contributed by atoms with E-state index in [9.17, 15) is 10.1 Å². The van der Waals surface area contributed by atoms with Gasteiger partial charge in [-0.05, 0) is 24.5 Å².